The number of methoxy groups -OCH3 is 1. The molecular formula is C24H23F2NO5. The number of halogens is 2. The number of aliphatic carboxylic acids is 1. The molecule has 0 aromatic heterocycles. The van der Waals surface area contributed by atoms with E-state index in [-0.39, 0.29) is 34.5 Å². The lowest BCUT2D eigenvalue weighted by Crippen LogP contribution is -2.34. The van der Waals surface area contributed by atoms with Crippen LogP contribution in [0.1, 0.15) is 30.9 Å². The fourth-order valence-corrected chi connectivity index (χ4v) is 3.77. The first-order valence-electron chi connectivity index (χ1n) is 9.88. The second kappa shape index (κ2) is 9.74. The van der Waals surface area contributed by atoms with Gasteiger partial charge in [0.05, 0.1) is 17.1 Å². The number of benzene rings is 2. The second-order valence-electron chi connectivity index (χ2n) is 7.34. The van der Waals surface area contributed by atoms with Gasteiger partial charge in [0.25, 0.3) is 0 Å². The summed E-state index contributed by atoms with van der Waals surface area (Å²) < 4.78 is 39.5. The van der Waals surface area contributed by atoms with E-state index in [9.17, 15) is 23.5 Å². The largest absolute Gasteiger partial charge is 0.478 e. The van der Waals surface area contributed by atoms with E-state index in [1.807, 2.05) is 30.3 Å². The molecular weight excluding hydrogens is 420 g/mol. The number of carboxylic acid groups (broad SMARTS) is 1. The minimum Gasteiger partial charge on any atom is -0.478 e. The van der Waals surface area contributed by atoms with Crippen molar-refractivity contribution in [3.63, 3.8) is 0 Å². The summed E-state index contributed by atoms with van der Waals surface area (Å²) in [5.41, 5.74) is 0.672. The Bertz CT molecular complexity index is 1090. The Morgan fingerprint density at radius 2 is 1.69 bits per heavy atom. The van der Waals surface area contributed by atoms with Crippen LogP contribution in [-0.2, 0) is 25.5 Å². The molecule has 2 aromatic carbocycles. The highest BCUT2D eigenvalue weighted by atomic mass is 19.2. The van der Waals surface area contributed by atoms with Crippen molar-refractivity contribution in [1.82, 2.24) is 5.32 Å². The van der Waals surface area contributed by atoms with Crippen LogP contribution in [-0.4, -0.2) is 30.4 Å². The molecule has 0 aliphatic carbocycles. The lowest BCUT2D eigenvalue weighted by Gasteiger charge is -2.30. The zero-order valence-electron chi connectivity index (χ0n) is 17.8. The van der Waals surface area contributed by atoms with Crippen molar-refractivity contribution >= 4 is 11.9 Å². The van der Waals surface area contributed by atoms with Crippen molar-refractivity contribution in [2.45, 2.75) is 32.5 Å². The van der Waals surface area contributed by atoms with Gasteiger partial charge in [0.2, 0.25) is 6.29 Å². The van der Waals surface area contributed by atoms with E-state index < -0.39 is 35.8 Å². The quantitative estimate of drug-likeness (QED) is 0.496. The molecule has 0 saturated carbocycles. The van der Waals surface area contributed by atoms with E-state index in [1.54, 1.807) is 6.92 Å². The Morgan fingerprint density at radius 3 is 2.31 bits per heavy atom. The predicted molar refractivity (Wildman–Crippen MR) is 112 cm³/mol. The molecule has 1 aliphatic heterocycles. The van der Waals surface area contributed by atoms with E-state index in [2.05, 4.69) is 5.32 Å². The van der Waals surface area contributed by atoms with Gasteiger partial charge in [-0.2, -0.15) is 0 Å². The summed E-state index contributed by atoms with van der Waals surface area (Å²) in [4.78, 5) is 25.2. The molecule has 2 aromatic rings. The predicted octanol–water partition coefficient (Wildman–Crippen LogP) is 4.04. The van der Waals surface area contributed by atoms with Crippen LogP contribution < -0.4 is 5.32 Å². The number of ether oxygens (including phenoxy) is 2. The van der Waals surface area contributed by atoms with Gasteiger partial charge in [-0.05, 0) is 25.5 Å². The summed E-state index contributed by atoms with van der Waals surface area (Å²) in [6.45, 7) is 3.04. The maximum atomic E-state index is 14.7. The van der Waals surface area contributed by atoms with Crippen molar-refractivity contribution in [2.75, 3.05) is 7.11 Å². The van der Waals surface area contributed by atoms with Gasteiger partial charge >= 0.3 is 11.9 Å². The van der Waals surface area contributed by atoms with Crippen molar-refractivity contribution < 1.29 is 33.0 Å². The number of carbonyl (C=O) groups is 2. The third-order valence-corrected chi connectivity index (χ3v) is 5.25. The molecule has 1 heterocycles. The fourth-order valence-electron chi connectivity index (χ4n) is 3.77. The molecule has 2 atom stereocenters. The summed E-state index contributed by atoms with van der Waals surface area (Å²) in [6.07, 6.45) is -0.717. The van der Waals surface area contributed by atoms with Crippen molar-refractivity contribution in [3.8, 4) is 0 Å². The first-order chi connectivity index (χ1) is 15.2. The lowest BCUT2D eigenvalue weighted by atomic mass is 9.80. The van der Waals surface area contributed by atoms with Crippen LogP contribution >= 0.6 is 0 Å². The van der Waals surface area contributed by atoms with Gasteiger partial charge in [-0.15, -0.1) is 0 Å². The average Bonchev–Trinajstić information content (AvgIpc) is 2.75. The molecule has 0 fully saturated rings. The smallest absolute Gasteiger partial charge is 0.339 e. The minimum atomic E-state index is -1.37. The zero-order chi connectivity index (χ0) is 23.4. The minimum absolute atomic E-state index is 0.132. The van der Waals surface area contributed by atoms with Crippen LogP contribution in [0.2, 0.25) is 0 Å². The van der Waals surface area contributed by atoms with E-state index in [1.165, 1.54) is 26.2 Å². The highest BCUT2D eigenvalue weighted by Gasteiger charge is 2.39. The molecule has 3 rings (SSSR count). The summed E-state index contributed by atoms with van der Waals surface area (Å²) in [5.74, 6) is -6.00. The maximum absolute atomic E-state index is 14.7. The monoisotopic (exact) mass is 443 g/mol. The molecule has 6 nitrogen and oxygen atoms in total. The number of rotatable bonds is 7. The summed E-state index contributed by atoms with van der Waals surface area (Å²) in [7, 11) is 1.37. The van der Waals surface area contributed by atoms with Crippen LogP contribution in [0.15, 0.2) is 71.1 Å². The van der Waals surface area contributed by atoms with Crippen molar-refractivity contribution in [2.24, 2.45) is 0 Å². The standard InChI is InChI=1S/C24H23F2NO5/c1-13-19(23(28)29)21(16-10-7-11-17(25)22(16)26)20(14(2)27-13)24(30)32-18(31-3)12-15-8-5-4-6-9-15/h4-11,18,21,27H,12H2,1-3H3,(H,28,29)/t18-,21?/m0/s1. The molecule has 8 heteroatoms. The van der Waals surface area contributed by atoms with Gasteiger partial charge in [0.15, 0.2) is 11.6 Å². The van der Waals surface area contributed by atoms with Crippen molar-refractivity contribution in [3.05, 3.63) is 93.8 Å². The van der Waals surface area contributed by atoms with Crippen LogP contribution in [0.3, 0.4) is 0 Å². The number of hydrogen-bond donors (Lipinski definition) is 2. The SMILES string of the molecule is CO[C@H](Cc1ccccc1)OC(=O)C1=C(C)NC(C)=C(C(=O)O)C1c1cccc(F)c1F. The molecule has 0 amide bonds. The van der Waals surface area contributed by atoms with Gasteiger partial charge in [-0.25, -0.2) is 18.4 Å². The van der Waals surface area contributed by atoms with Gasteiger partial charge < -0.3 is 19.9 Å². The number of carboxylic acids is 1. The van der Waals surface area contributed by atoms with E-state index in [4.69, 9.17) is 9.47 Å². The first kappa shape index (κ1) is 23.1. The third-order valence-electron chi connectivity index (χ3n) is 5.25. The molecule has 2 N–H and O–H groups in total. The van der Waals surface area contributed by atoms with Crippen LogP contribution in [0.5, 0.6) is 0 Å². The Balaban J connectivity index is 2.01. The van der Waals surface area contributed by atoms with Crippen LogP contribution in [0.4, 0.5) is 8.78 Å². The topological polar surface area (TPSA) is 84.9 Å². The van der Waals surface area contributed by atoms with Gasteiger partial charge in [-0.1, -0.05) is 42.5 Å². The summed E-state index contributed by atoms with van der Waals surface area (Å²) >= 11 is 0. The highest BCUT2D eigenvalue weighted by molar-refractivity contribution is 5.99. The molecule has 32 heavy (non-hydrogen) atoms. The first-order valence-corrected chi connectivity index (χ1v) is 9.88. The second-order valence-corrected chi connectivity index (χ2v) is 7.34. The van der Waals surface area contributed by atoms with Gasteiger partial charge in [-0.3, -0.25) is 0 Å². The average molecular weight is 443 g/mol. The number of carbonyl (C=O) groups excluding carboxylic acids is 1. The highest BCUT2D eigenvalue weighted by Crippen LogP contribution is 2.40. The van der Waals surface area contributed by atoms with Gasteiger partial charge in [0.1, 0.15) is 0 Å². The van der Waals surface area contributed by atoms with E-state index in [0.717, 1.165) is 11.6 Å². The normalized spacial score (nSPS) is 17.1. The zero-order valence-corrected chi connectivity index (χ0v) is 17.8. The molecule has 1 unspecified atom stereocenters. The molecule has 0 spiro atoms. The van der Waals surface area contributed by atoms with E-state index >= 15 is 0 Å². The molecule has 0 radical (unpaired) electrons. The molecule has 168 valence electrons. The number of esters is 1. The lowest BCUT2D eigenvalue weighted by molar-refractivity contribution is -0.168. The maximum Gasteiger partial charge on any atom is 0.339 e. The summed E-state index contributed by atoms with van der Waals surface area (Å²) in [5, 5.41) is 12.6. The number of allylic oxidation sites excluding steroid dienone is 2. The number of hydrogen-bond acceptors (Lipinski definition) is 5. The van der Waals surface area contributed by atoms with Crippen LogP contribution in [0, 0.1) is 11.6 Å². The Kier molecular flexibility index (Phi) is 7.05. The Labute approximate surface area is 184 Å². The Morgan fingerprint density at radius 1 is 1.03 bits per heavy atom. The van der Waals surface area contributed by atoms with Crippen molar-refractivity contribution in [1.29, 1.82) is 0 Å². The molecule has 0 bridgehead atoms. The fraction of sp³-hybridized carbons (Fsp3) is 0.250. The Hall–Kier alpha value is -3.52. The molecule has 1 aliphatic rings. The molecule has 0 saturated heterocycles. The number of dihydropyridines is 1. The summed E-state index contributed by atoms with van der Waals surface area (Å²) in [6, 6.07) is 12.6. The van der Waals surface area contributed by atoms with Crippen LogP contribution in [0.25, 0.3) is 0 Å². The third kappa shape index (κ3) is 4.70. The van der Waals surface area contributed by atoms with Gasteiger partial charge in [0, 0.05) is 30.5 Å². The van der Waals surface area contributed by atoms with E-state index in [0.29, 0.717) is 0 Å². The number of nitrogens with one attached hydrogen (secondary N) is 1.